The van der Waals surface area contributed by atoms with Crippen LogP contribution in [-0.2, 0) is 0 Å². The SMILES string of the molecule is O=Cc1ccc(C(=O)O)c(C=O)c1C=O. The van der Waals surface area contributed by atoms with Gasteiger partial charge >= 0.3 is 5.97 Å². The van der Waals surface area contributed by atoms with E-state index in [4.69, 9.17) is 5.11 Å². The first kappa shape index (κ1) is 10.8. The Morgan fingerprint density at radius 1 is 1.00 bits per heavy atom. The number of carboxylic acid groups (broad SMARTS) is 1. The van der Waals surface area contributed by atoms with Gasteiger partial charge in [0, 0.05) is 16.7 Å². The van der Waals surface area contributed by atoms with Gasteiger partial charge in [0.25, 0.3) is 0 Å². The van der Waals surface area contributed by atoms with Crippen LogP contribution in [0.25, 0.3) is 0 Å². The summed E-state index contributed by atoms with van der Waals surface area (Å²) in [5.41, 5.74) is -0.767. The summed E-state index contributed by atoms with van der Waals surface area (Å²) in [6.07, 6.45) is 0.933. The summed E-state index contributed by atoms with van der Waals surface area (Å²) in [5.74, 6) is -1.32. The smallest absolute Gasteiger partial charge is 0.336 e. The number of rotatable bonds is 4. The second kappa shape index (κ2) is 4.28. The minimum atomic E-state index is -1.32. The molecule has 0 unspecified atom stereocenters. The summed E-state index contributed by atoms with van der Waals surface area (Å²) >= 11 is 0. The van der Waals surface area contributed by atoms with E-state index >= 15 is 0 Å². The molecule has 1 N–H and O–H groups in total. The largest absolute Gasteiger partial charge is 0.478 e. The summed E-state index contributed by atoms with van der Waals surface area (Å²) < 4.78 is 0. The Labute approximate surface area is 84.3 Å². The van der Waals surface area contributed by atoms with Crippen LogP contribution < -0.4 is 0 Å². The summed E-state index contributed by atoms with van der Waals surface area (Å²) in [7, 11) is 0. The lowest BCUT2D eigenvalue weighted by Crippen LogP contribution is -2.07. The molecule has 0 atom stereocenters. The minimum Gasteiger partial charge on any atom is -0.478 e. The van der Waals surface area contributed by atoms with Gasteiger partial charge in [-0.25, -0.2) is 4.79 Å². The summed E-state index contributed by atoms with van der Waals surface area (Å²) in [4.78, 5) is 42.5. The second-order valence-corrected chi connectivity index (χ2v) is 2.69. The lowest BCUT2D eigenvalue weighted by Gasteiger charge is -2.04. The van der Waals surface area contributed by atoms with Crippen molar-refractivity contribution in [1.82, 2.24) is 0 Å². The average Bonchev–Trinajstić information content (AvgIpc) is 2.26. The highest BCUT2D eigenvalue weighted by Gasteiger charge is 2.16. The Bertz CT molecular complexity index is 447. The molecule has 0 aliphatic heterocycles. The third-order valence-electron chi connectivity index (χ3n) is 1.91. The van der Waals surface area contributed by atoms with Crippen molar-refractivity contribution in [1.29, 1.82) is 0 Å². The van der Waals surface area contributed by atoms with E-state index in [2.05, 4.69) is 0 Å². The van der Waals surface area contributed by atoms with Crippen molar-refractivity contribution in [3.63, 3.8) is 0 Å². The lowest BCUT2D eigenvalue weighted by atomic mass is 9.98. The molecule has 0 saturated carbocycles. The molecule has 15 heavy (non-hydrogen) atoms. The molecule has 0 radical (unpaired) electrons. The van der Waals surface area contributed by atoms with Gasteiger partial charge in [-0.3, -0.25) is 14.4 Å². The quantitative estimate of drug-likeness (QED) is 0.736. The van der Waals surface area contributed by atoms with Gasteiger partial charge in [0.1, 0.15) is 0 Å². The molecule has 0 saturated heterocycles. The van der Waals surface area contributed by atoms with Crippen LogP contribution in [0.1, 0.15) is 41.4 Å². The summed E-state index contributed by atoms with van der Waals surface area (Å²) in [5, 5.41) is 8.72. The topological polar surface area (TPSA) is 88.5 Å². The Morgan fingerprint density at radius 2 is 1.60 bits per heavy atom. The van der Waals surface area contributed by atoms with E-state index in [1.807, 2.05) is 0 Å². The van der Waals surface area contributed by atoms with Crippen LogP contribution in [0.3, 0.4) is 0 Å². The van der Waals surface area contributed by atoms with Crippen molar-refractivity contribution < 1.29 is 24.3 Å². The maximum atomic E-state index is 10.7. The number of aldehydes is 3. The fourth-order valence-electron chi connectivity index (χ4n) is 1.20. The minimum absolute atomic E-state index is 0.00269. The molecule has 0 fully saturated rings. The van der Waals surface area contributed by atoms with Crippen LogP contribution >= 0.6 is 0 Å². The van der Waals surface area contributed by atoms with E-state index in [9.17, 15) is 19.2 Å². The summed E-state index contributed by atoms with van der Waals surface area (Å²) in [6, 6.07) is 2.30. The molecule has 0 aromatic heterocycles. The Morgan fingerprint density at radius 3 is 2.00 bits per heavy atom. The monoisotopic (exact) mass is 206 g/mol. The first-order chi connectivity index (χ1) is 7.15. The molecule has 1 aromatic rings. The van der Waals surface area contributed by atoms with Crippen LogP contribution in [0.5, 0.6) is 0 Å². The van der Waals surface area contributed by atoms with E-state index in [0.29, 0.717) is 12.6 Å². The number of hydrogen-bond donors (Lipinski definition) is 1. The van der Waals surface area contributed by atoms with Gasteiger partial charge in [-0.05, 0) is 6.07 Å². The van der Waals surface area contributed by atoms with Crippen LogP contribution in [0.4, 0.5) is 0 Å². The van der Waals surface area contributed by atoms with Gasteiger partial charge in [-0.15, -0.1) is 0 Å². The van der Waals surface area contributed by atoms with Crippen molar-refractivity contribution in [2.75, 3.05) is 0 Å². The first-order valence-electron chi connectivity index (χ1n) is 3.91. The number of hydrogen-bond acceptors (Lipinski definition) is 4. The molecular weight excluding hydrogens is 200 g/mol. The molecule has 1 rings (SSSR count). The Kier molecular flexibility index (Phi) is 3.07. The molecule has 0 bridgehead atoms. The fourth-order valence-corrected chi connectivity index (χ4v) is 1.20. The molecule has 0 spiro atoms. The lowest BCUT2D eigenvalue weighted by molar-refractivity contribution is 0.0693. The predicted molar refractivity (Wildman–Crippen MR) is 49.6 cm³/mol. The van der Waals surface area contributed by atoms with Gasteiger partial charge in [0.05, 0.1) is 5.56 Å². The number of carbonyl (C=O) groups is 4. The second-order valence-electron chi connectivity index (χ2n) is 2.69. The zero-order chi connectivity index (χ0) is 11.4. The van der Waals surface area contributed by atoms with Crippen molar-refractivity contribution >= 4 is 24.8 Å². The van der Waals surface area contributed by atoms with E-state index in [1.165, 1.54) is 6.07 Å². The predicted octanol–water partition coefficient (Wildman–Crippen LogP) is 0.822. The molecule has 0 amide bonds. The zero-order valence-corrected chi connectivity index (χ0v) is 7.47. The van der Waals surface area contributed by atoms with Gasteiger partial charge in [-0.2, -0.15) is 0 Å². The van der Waals surface area contributed by atoms with Crippen LogP contribution in [0.2, 0.25) is 0 Å². The fraction of sp³-hybridized carbons (Fsp3) is 0. The molecule has 5 nitrogen and oxygen atoms in total. The van der Waals surface area contributed by atoms with E-state index in [0.717, 1.165) is 6.07 Å². The third-order valence-corrected chi connectivity index (χ3v) is 1.91. The third kappa shape index (κ3) is 1.80. The standard InChI is InChI=1S/C10H6O5/c11-3-6-1-2-7(10(14)15)9(5-13)8(6)4-12/h1-5H,(H,14,15). The number of carbonyl (C=O) groups excluding carboxylic acids is 3. The first-order valence-corrected chi connectivity index (χ1v) is 3.91. The van der Waals surface area contributed by atoms with Gasteiger partial charge in [0.15, 0.2) is 18.9 Å². The molecule has 5 heteroatoms. The van der Waals surface area contributed by atoms with Gasteiger partial charge in [-0.1, -0.05) is 6.07 Å². The van der Waals surface area contributed by atoms with Crippen LogP contribution in [0, 0.1) is 0 Å². The highest BCUT2D eigenvalue weighted by atomic mass is 16.4. The molecule has 0 heterocycles. The Hall–Kier alpha value is -2.30. The Balaban J connectivity index is 3.61. The van der Waals surface area contributed by atoms with Crippen molar-refractivity contribution in [2.45, 2.75) is 0 Å². The molecule has 0 aliphatic carbocycles. The van der Waals surface area contributed by atoms with Crippen molar-refractivity contribution in [3.05, 3.63) is 34.4 Å². The van der Waals surface area contributed by atoms with E-state index in [-0.39, 0.29) is 28.5 Å². The average molecular weight is 206 g/mol. The van der Waals surface area contributed by atoms with Crippen LogP contribution in [0.15, 0.2) is 12.1 Å². The maximum absolute atomic E-state index is 10.7. The van der Waals surface area contributed by atoms with Gasteiger partial charge in [0.2, 0.25) is 0 Å². The number of aromatic carboxylic acids is 1. The molecule has 0 aliphatic rings. The molecular formula is C10H6O5. The van der Waals surface area contributed by atoms with E-state index < -0.39 is 5.97 Å². The summed E-state index contributed by atoms with van der Waals surface area (Å²) in [6.45, 7) is 0. The van der Waals surface area contributed by atoms with Crippen molar-refractivity contribution in [2.24, 2.45) is 0 Å². The van der Waals surface area contributed by atoms with E-state index in [1.54, 1.807) is 0 Å². The number of benzene rings is 1. The maximum Gasteiger partial charge on any atom is 0.336 e. The molecule has 76 valence electrons. The zero-order valence-electron chi connectivity index (χ0n) is 7.47. The normalized spacial score (nSPS) is 9.33. The highest BCUT2D eigenvalue weighted by Crippen LogP contribution is 2.15. The van der Waals surface area contributed by atoms with Gasteiger partial charge < -0.3 is 5.11 Å². The molecule has 1 aromatic carbocycles. The van der Waals surface area contributed by atoms with Crippen LogP contribution in [-0.4, -0.2) is 29.9 Å². The van der Waals surface area contributed by atoms with Crippen molar-refractivity contribution in [3.8, 4) is 0 Å². The highest BCUT2D eigenvalue weighted by molar-refractivity contribution is 6.06. The number of carboxylic acids is 1.